The van der Waals surface area contributed by atoms with Crippen molar-refractivity contribution in [1.82, 2.24) is 9.97 Å². The first-order chi connectivity index (χ1) is 8.29. The Bertz CT molecular complexity index is 487. The third kappa shape index (κ3) is 3.10. The fourth-order valence-electron chi connectivity index (χ4n) is 1.29. The Morgan fingerprint density at radius 2 is 2.06 bits per heavy atom. The molecule has 2 N–H and O–H groups in total. The van der Waals surface area contributed by atoms with Crippen LogP contribution < -0.4 is 5.32 Å². The fourth-order valence-corrected chi connectivity index (χ4v) is 2.13. The number of aromatic hydroxyl groups is 1. The van der Waals surface area contributed by atoms with E-state index in [1.165, 1.54) is 0 Å². The quantitative estimate of drug-likeness (QED) is 0.813. The van der Waals surface area contributed by atoms with Gasteiger partial charge in [0.05, 0.1) is 18.1 Å². The second-order valence-corrected chi connectivity index (χ2v) is 4.42. The maximum atomic E-state index is 9.60. The lowest BCUT2D eigenvalue weighted by Gasteiger charge is -2.04. The topological polar surface area (TPSA) is 58.0 Å². The molecule has 17 heavy (non-hydrogen) atoms. The fraction of sp³-hybridized carbons (Fsp3) is 0.167. The maximum absolute atomic E-state index is 9.60. The normalized spacial score (nSPS) is 10.2. The van der Waals surface area contributed by atoms with E-state index in [-0.39, 0.29) is 0 Å². The number of anilines is 1. The number of para-hydroxylation sites is 1. The lowest BCUT2D eigenvalue weighted by atomic mass is 10.3. The smallest absolute Gasteiger partial charge is 0.144 e. The number of phenols is 1. The van der Waals surface area contributed by atoms with Crippen LogP contribution in [0.5, 0.6) is 5.75 Å². The minimum absolute atomic E-state index is 0.303. The molecule has 0 unspecified atom stereocenters. The lowest BCUT2D eigenvalue weighted by Crippen LogP contribution is -1.95. The van der Waals surface area contributed by atoms with Gasteiger partial charge in [0.2, 0.25) is 0 Å². The Balaban J connectivity index is 2.00. The third-order valence-corrected chi connectivity index (χ3v) is 3.30. The summed E-state index contributed by atoms with van der Waals surface area (Å²) in [6.07, 6.45) is 3.43. The molecule has 0 saturated carbocycles. The van der Waals surface area contributed by atoms with E-state index in [0.29, 0.717) is 11.5 Å². The van der Waals surface area contributed by atoms with Crippen molar-refractivity contribution >= 4 is 17.6 Å². The second kappa shape index (κ2) is 5.54. The van der Waals surface area contributed by atoms with Gasteiger partial charge in [0.15, 0.2) is 0 Å². The molecule has 88 valence electrons. The zero-order chi connectivity index (χ0) is 12.1. The summed E-state index contributed by atoms with van der Waals surface area (Å²) in [6, 6.07) is 7.27. The molecule has 4 nitrogen and oxygen atoms in total. The number of benzene rings is 1. The molecule has 0 amide bonds. The Hall–Kier alpha value is -1.75. The number of aromatic nitrogens is 2. The van der Waals surface area contributed by atoms with Gasteiger partial charge < -0.3 is 10.4 Å². The van der Waals surface area contributed by atoms with E-state index in [0.717, 1.165) is 16.4 Å². The van der Waals surface area contributed by atoms with Crippen LogP contribution in [0.4, 0.5) is 5.82 Å². The van der Waals surface area contributed by atoms with Crippen molar-refractivity contribution in [1.29, 1.82) is 0 Å². The van der Waals surface area contributed by atoms with Crippen molar-refractivity contribution in [2.45, 2.75) is 10.6 Å². The van der Waals surface area contributed by atoms with Crippen LogP contribution in [0.25, 0.3) is 0 Å². The molecule has 2 aromatic rings. The van der Waals surface area contributed by atoms with Crippen LogP contribution >= 0.6 is 11.8 Å². The molecule has 0 saturated heterocycles. The molecule has 0 aliphatic rings. The largest absolute Gasteiger partial charge is 0.507 e. The highest BCUT2D eigenvalue weighted by molar-refractivity contribution is 7.98. The van der Waals surface area contributed by atoms with Crippen LogP contribution in [0.2, 0.25) is 0 Å². The van der Waals surface area contributed by atoms with Crippen molar-refractivity contribution in [3.05, 3.63) is 42.4 Å². The molecule has 1 heterocycles. The molecule has 0 aliphatic carbocycles. The minimum Gasteiger partial charge on any atom is -0.507 e. The molecule has 5 heteroatoms. The van der Waals surface area contributed by atoms with Gasteiger partial charge in [0.25, 0.3) is 0 Å². The molecule has 2 rings (SSSR count). The van der Waals surface area contributed by atoms with Gasteiger partial charge in [-0.2, -0.15) is 0 Å². The summed E-state index contributed by atoms with van der Waals surface area (Å²) in [5, 5.41) is 12.5. The summed E-state index contributed by atoms with van der Waals surface area (Å²) in [7, 11) is 1.81. The van der Waals surface area contributed by atoms with Gasteiger partial charge in [-0.25, -0.2) is 4.98 Å². The van der Waals surface area contributed by atoms with E-state index in [1.807, 2.05) is 12.1 Å². The number of phenolic OH excluding ortho intramolecular Hbond substituents is 1. The Morgan fingerprint density at radius 3 is 2.71 bits per heavy atom. The van der Waals surface area contributed by atoms with Crippen molar-refractivity contribution < 1.29 is 5.11 Å². The first kappa shape index (κ1) is 11.7. The summed E-state index contributed by atoms with van der Waals surface area (Å²) in [6.45, 7) is 0. The number of nitrogens with zero attached hydrogens (tertiary/aromatic N) is 2. The van der Waals surface area contributed by atoms with Crippen LogP contribution in [0.15, 0.2) is 41.6 Å². The zero-order valence-electron chi connectivity index (χ0n) is 9.42. The molecule has 0 spiro atoms. The van der Waals surface area contributed by atoms with Crippen LogP contribution in [0, 0.1) is 0 Å². The van der Waals surface area contributed by atoms with Crippen LogP contribution in [0.1, 0.15) is 5.69 Å². The lowest BCUT2D eigenvalue weighted by molar-refractivity contribution is 0.462. The average Bonchev–Trinajstić information content (AvgIpc) is 2.38. The highest BCUT2D eigenvalue weighted by Gasteiger charge is 2.02. The molecule has 1 aromatic carbocycles. The standard InChI is InChI=1S/C12H13N3OS/c1-13-12-7-14-9(6-15-12)8-17-11-5-3-2-4-10(11)16/h2-7,16H,8H2,1H3,(H,13,15). The summed E-state index contributed by atoms with van der Waals surface area (Å²) < 4.78 is 0. The van der Waals surface area contributed by atoms with Gasteiger partial charge in [-0.15, -0.1) is 11.8 Å². The van der Waals surface area contributed by atoms with Crippen LogP contribution in [-0.4, -0.2) is 22.1 Å². The molecule has 0 bridgehead atoms. The van der Waals surface area contributed by atoms with E-state index in [2.05, 4.69) is 15.3 Å². The van der Waals surface area contributed by atoms with E-state index in [9.17, 15) is 5.11 Å². The van der Waals surface area contributed by atoms with E-state index in [1.54, 1.807) is 43.3 Å². The summed E-state index contributed by atoms with van der Waals surface area (Å²) in [4.78, 5) is 9.30. The first-order valence-corrected chi connectivity index (χ1v) is 6.17. The first-order valence-electron chi connectivity index (χ1n) is 5.19. The highest BCUT2D eigenvalue weighted by atomic mass is 32.2. The Labute approximate surface area is 104 Å². The Morgan fingerprint density at radius 1 is 1.24 bits per heavy atom. The molecule has 0 fully saturated rings. The molecule has 0 aliphatic heterocycles. The predicted molar refractivity (Wildman–Crippen MR) is 69.2 cm³/mol. The zero-order valence-corrected chi connectivity index (χ0v) is 10.2. The Kier molecular flexibility index (Phi) is 3.82. The number of thioether (sulfide) groups is 1. The highest BCUT2D eigenvalue weighted by Crippen LogP contribution is 2.29. The van der Waals surface area contributed by atoms with Crippen LogP contribution in [-0.2, 0) is 5.75 Å². The van der Waals surface area contributed by atoms with Crippen molar-refractivity contribution in [2.75, 3.05) is 12.4 Å². The molecule has 0 atom stereocenters. The van der Waals surface area contributed by atoms with Crippen molar-refractivity contribution in [3.8, 4) is 5.75 Å². The molecular weight excluding hydrogens is 234 g/mol. The number of rotatable bonds is 4. The van der Waals surface area contributed by atoms with E-state index < -0.39 is 0 Å². The third-order valence-electron chi connectivity index (χ3n) is 2.20. The van der Waals surface area contributed by atoms with Gasteiger partial charge in [0.1, 0.15) is 11.6 Å². The summed E-state index contributed by atoms with van der Waals surface area (Å²) in [5.41, 5.74) is 0.886. The van der Waals surface area contributed by atoms with Crippen LogP contribution in [0.3, 0.4) is 0 Å². The van der Waals surface area contributed by atoms with Gasteiger partial charge in [-0.05, 0) is 12.1 Å². The monoisotopic (exact) mass is 247 g/mol. The summed E-state index contributed by atoms with van der Waals surface area (Å²) in [5.74, 6) is 1.74. The van der Waals surface area contributed by atoms with Gasteiger partial charge in [-0.1, -0.05) is 12.1 Å². The molecule has 0 radical (unpaired) electrons. The maximum Gasteiger partial charge on any atom is 0.144 e. The van der Waals surface area contributed by atoms with E-state index >= 15 is 0 Å². The molecular formula is C12H13N3OS. The van der Waals surface area contributed by atoms with E-state index in [4.69, 9.17) is 0 Å². The second-order valence-electron chi connectivity index (χ2n) is 3.40. The van der Waals surface area contributed by atoms with Crippen molar-refractivity contribution in [3.63, 3.8) is 0 Å². The van der Waals surface area contributed by atoms with Gasteiger partial charge in [0, 0.05) is 17.7 Å². The molecule has 1 aromatic heterocycles. The van der Waals surface area contributed by atoms with Gasteiger partial charge in [-0.3, -0.25) is 4.98 Å². The minimum atomic E-state index is 0.303. The average molecular weight is 247 g/mol. The van der Waals surface area contributed by atoms with Crippen molar-refractivity contribution in [2.24, 2.45) is 0 Å². The van der Waals surface area contributed by atoms with Gasteiger partial charge >= 0.3 is 0 Å². The number of nitrogens with one attached hydrogen (secondary N) is 1. The SMILES string of the molecule is CNc1cnc(CSc2ccccc2O)cn1. The summed E-state index contributed by atoms with van der Waals surface area (Å²) >= 11 is 1.54. The number of hydrogen-bond donors (Lipinski definition) is 2. The number of hydrogen-bond acceptors (Lipinski definition) is 5. The predicted octanol–water partition coefficient (Wildman–Crippen LogP) is 2.52.